The summed E-state index contributed by atoms with van der Waals surface area (Å²) in [6, 6.07) is 0. The Morgan fingerprint density at radius 2 is 2.00 bits per heavy atom. The van der Waals surface area contributed by atoms with Gasteiger partial charge in [0.2, 0.25) is 0 Å². The van der Waals surface area contributed by atoms with Gasteiger partial charge in [-0.05, 0) is 30.4 Å². The van der Waals surface area contributed by atoms with E-state index in [1.807, 2.05) is 0 Å². The molecule has 0 saturated carbocycles. The van der Waals surface area contributed by atoms with E-state index in [2.05, 4.69) is 19.1 Å². The molecule has 0 aromatic rings. The largest absolute Gasteiger partial charge is 0.493 e. The van der Waals surface area contributed by atoms with Crippen LogP contribution in [0, 0.1) is 5.92 Å². The van der Waals surface area contributed by atoms with E-state index < -0.39 is 0 Å². The van der Waals surface area contributed by atoms with Crippen LogP contribution >= 0.6 is 0 Å². The van der Waals surface area contributed by atoms with E-state index in [0.717, 1.165) is 24.4 Å². The lowest BCUT2D eigenvalue weighted by atomic mass is 9.92. The number of methoxy groups -OCH3 is 2. The molecular weight excluding hydrogens is 176 g/mol. The first kappa shape index (κ1) is 9.38. The SMILES string of the molecule is COC1=CCC2=CCC(C)C2=C1OC. The second kappa shape index (κ2) is 3.52. The molecule has 0 N–H and O–H groups in total. The van der Waals surface area contributed by atoms with Gasteiger partial charge in [0.15, 0.2) is 11.5 Å². The molecule has 0 bridgehead atoms. The Morgan fingerprint density at radius 1 is 1.21 bits per heavy atom. The molecule has 2 nitrogen and oxygen atoms in total. The zero-order valence-corrected chi connectivity index (χ0v) is 8.96. The van der Waals surface area contributed by atoms with Crippen molar-refractivity contribution in [2.45, 2.75) is 19.8 Å². The average Bonchev–Trinajstić information content (AvgIpc) is 2.59. The summed E-state index contributed by atoms with van der Waals surface area (Å²) in [5.74, 6) is 2.38. The summed E-state index contributed by atoms with van der Waals surface area (Å²) in [6.07, 6.45) is 6.51. The minimum absolute atomic E-state index is 0.568. The van der Waals surface area contributed by atoms with Crippen LogP contribution in [0.25, 0.3) is 0 Å². The van der Waals surface area contributed by atoms with E-state index in [1.165, 1.54) is 11.1 Å². The lowest BCUT2D eigenvalue weighted by molar-refractivity contribution is 0.212. The molecule has 0 aromatic heterocycles. The average molecular weight is 192 g/mol. The van der Waals surface area contributed by atoms with Crippen molar-refractivity contribution in [3.8, 4) is 0 Å². The van der Waals surface area contributed by atoms with Crippen LogP contribution in [0.5, 0.6) is 0 Å². The molecule has 76 valence electrons. The standard InChI is InChI=1S/C12H16O2/c1-8-4-5-9-6-7-10(13-2)12(14-3)11(8)9/h5,7-8H,4,6H2,1-3H3. The van der Waals surface area contributed by atoms with E-state index in [1.54, 1.807) is 14.2 Å². The Morgan fingerprint density at radius 3 is 2.64 bits per heavy atom. The van der Waals surface area contributed by atoms with Gasteiger partial charge in [-0.15, -0.1) is 0 Å². The highest BCUT2D eigenvalue weighted by Crippen LogP contribution is 2.40. The van der Waals surface area contributed by atoms with Crippen LogP contribution in [0.3, 0.4) is 0 Å². The van der Waals surface area contributed by atoms with Crippen molar-refractivity contribution in [1.82, 2.24) is 0 Å². The fourth-order valence-electron chi connectivity index (χ4n) is 2.24. The van der Waals surface area contributed by atoms with Gasteiger partial charge in [-0.25, -0.2) is 0 Å². The van der Waals surface area contributed by atoms with E-state index >= 15 is 0 Å². The first-order valence-corrected chi connectivity index (χ1v) is 5.00. The zero-order valence-electron chi connectivity index (χ0n) is 8.96. The molecule has 0 aromatic carbocycles. The van der Waals surface area contributed by atoms with Crippen LogP contribution in [-0.4, -0.2) is 14.2 Å². The van der Waals surface area contributed by atoms with Gasteiger partial charge < -0.3 is 9.47 Å². The summed E-state index contributed by atoms with van der Waals surface area (Å²) in [6.45, 7) is 2.23. The molecule has 1 atom stereocenters. The summed E-state index contributed by atoms with van der Waals surface area (Å²) >= 11 is 0. The van der Waals surface area contributed by atoms with Crippen molar-refractivity contribution < 1.29 is 9.47 Å². The molecule has 0 saturated heterocycles. The van der Waals surface area contributed by atoms with Crippen molar-refractivity contribution in [1.29, 1.82) is 0 Å². The van der Waals surface area contributed by atoms with Crippen molar-refractivity contribution in [2.24, 2.45) is 5.92 Å². The third kappa shape index (κ3) is 1.26. The Kier molecular flexibility index (Phi) is 2.36. The summed E-state index contributed by atoms with van der Waals surface area (Å²) < 4.78 is 10.7. The Labute approximate surface area is 84.9 Å². The summed E-state index contributed by atoms with van der Waals surface area (Å²) in [5.41, 5.74) is 2.75. The highest BCUT2D eigenvalue weighted by molar-refractivity contribution is 5.49. The smallest absolute Gasteiger partial charge is 0.164 e. The van der Waals surface area contributed by atoms with Crippen molar-refractivity contribution in [3.05, 3.63) is 34.8 Å². The molecule has 0 heterocycles. The number of fused-ring (bicyclic) bond motifs is 1. The molecular formula is C12H16O2. The second-order valence-corrected chi connectivity index (χ2v) is 3.79. The van der Waals surface area contributed by atoms with Gasteiger partial charge in [-0.2, -0.15) is 0 Å². The van der Waals surface area contributed by atoms with E-state index in [0.29, 0.717) is 5.92 Å². The topological polar surface area (TPSA) is 18.5 Å². The van der Waals surface area contributed by atoms with Gasteiger partial charge in [0.25, 0.3) is 0 Å². The van der Waals surface area contributed by atoms with Gasteiger partial charge in [-0.3, -0.25) is 0 Å². The van der Waals surface area contributed by atoms with Gasteiger partial charge in [0, 0.05) is 5.57 Å². The molecule has 0 spiro atoms. The first-order chi connectivity index (χ1) is 6.77. The fourth-order valence-corrected chi connectivity index (χ4v) is 2.24. The van der Waals surface area contributed by atoms with Crippen LogP contribution < -0.4 is 0 Å². The normalized spacial score (nSPS) is 25.5. The molecule has 0 amide bonds. The summed E-state index contributed by atoms with van der Waals surface area (Å²) in [7, 11) is 3.41. The van der Waals surface area contributed by atoms with Crippen LogP contribution in [0.2, 0.25) is 0 Å². The summed E-state index contributed by atoms with van der Waals surface area (Å²) in [5, 5.41) is 0. The van der Waals surface area contributed by atoms with Crippen LogP contribution in [0.1, 0.15) is 19.8 Å². The maximum Gasteiger partial charge on any atom is 0.164 e. The number of allylic oxidation sites excluding steroid dienone is 4. The number of hydrogen-bond donors (Lipinski definition) is 0. The highest BCUT2D eigenvalue weighted by atomic mass is 16.5. The van der Waals surface area contributed by atoms with Crippen LogP contribution in [0.4, 0.5) is 0 Å². The van der Waals surface area contributed by atoms with Crippen molar-refractivity contribution in [2.75, 3.05) is 14.2 Å². The molecule has 2 heteroatoms. The fraction of sp³-hybridized carbons (Fsp3) is 0.500. The molecule has 0 aliphatic heterocycles. The lowest BCUT2D eigenvalue weighted by Gasteiger charge is -2.21. The zero-order chi connectivity index (χ0) is 10.1. The predicted octanol–water partition coefficient (Wildman–Crippen LogP) is 2.79. The van der Waals surface area contributed by atoms with Gasteiger partial charge in [0.1, 0.15) is 0 Å². The van der Waals surface area contributed by atoms with Crippen molar-refractivity contribution in [3.63, 3.8) is 0 Å². The summed E-state index contributed by atoms with van der Waals surface area (Å²) in [4.78, 5) is 0. The van der Waals surface area contributed by atoms with Crippen molar-refractivity contribution >= 4 is 0 Å². The predicted molar refractivity (Wildman–Crippen MR) is 55.6 cm³/mol. The van der Waals surface area contributed by atoms with Gasteiger partial charge >= 0.3 is 0 Å². The molecule has 1 unspecified atom stereocenters. The maximum atomic E-state index is 5.42. The molecule has 2 aliphatic rings. The molecule has 0 radical (unpaired) electrons. The Bertz CT molecular complexity index is 334. The van der Waals surface area contributed by atoms with E-state index in [9.17, 15) is 0 Å². The minimum atomic E-state index is 0.568. The number of ether oxygens (including phenoxy) is 2. The van der Waals surface area contributed by atoms with E-state index in [-0.39, 0.29) is 0 Å². The number of hydrogen-bond acceptors (Lipinski definition) is 2. The monoisotopic (exact) mass is 192 g/mol. The second-order valence-electron chi connectivity index (χ2n) is 3.79. The molecule has 2 aliphatic carbocycles. The van der Waals surface area contributed by atoms with Crippen LogP contribution in [-0.2, 0) is 9.47 Å². The third-order valence-corrected chi connectivity index (χ3v) is 2.96. The lowest BCUT2D eigenvalue weighted by Crippen LogP contribution is -2.09. The van der Waals surface area contributed by atoms with Crippen LogP contribution in [0.15, 0.2) is 34.8 Å². The molecule has 0 fully saturated rings. The van der Waals surface area contributed by atoms with Gasteiger partial charge in [-0.1, -0.05) is 13.0 Å². The first-order valence-electron chi connectivity index (χ1n) is 5.00. The Hall–Kier alpha value is -1.18. The highest BCUT2D eigenvalue weighted by Gasteiger charge is 2.28. The maximum absolute atomic E-state index is 5.42. The van der Waals surface area contributed by atoms with E-state index in [4.69, 9.17) is 9.47 Å². The molecule has 14 heavy (non-hydrogen) atoms. The Balaban J connectivity index is 2.45. The molecule has 2 rings (SSSR count). The third-order valence-electron chi connectivity index (χ3n) is 2.96. The van der Waals surface area contributed by atoms with Gasteiger partial charge in [0.05, 0.1) is 14.2 Å². The number of rotatable bonds is 2. The quantitative estimate of drug-likeness (QED) is 0.669. The minimum Gasteiger partial charge on any atom is -0.493 e.